The summed E-state index contributed by atoms with van der Waals surface area (Å²) in [5.41, 5.74) is 1.22. The fourth-order valence-electron chi connectivity index (χ4n) is 2.58. The van der Waals surface area contributed by atoms with Crippen molar-refractivity contribution in [2.45, 2.75) is 84.0 Å². The molecule has 0 saturated carbocycles. The smallest absolute Gasteiger partial charge is 0.0377 e. The van der Waals surface area contributed by atoms with Gasteiger partial charge in [0, 0.05) is 11.9 Å². The van der Waals surface area contributed by atoms with E-state index in [2.05, 4.69) is 30.1 Å². The Labute approximate surface area is 125 Å². The molecule has 0 spiro atoms. The monoisotopic (exact) mass is 275 g/mol. The highest BCUT2D eigenvalue weighted by Crippen LogP contribution is 2.12. The van der Waals surface area contributed by atoms with E-state index < -0.39 is 0 Å². The maximum absolute atomic E-state index is 3.19. The Balaban J connectivity index is 1.76. The quantitative estimate of drug-likeness (QED) is 0.384. The molecule has 0 aliphatic carbocycles. The number of hydrogen-bond acceptors (Lipinski definition) is 0. The molecule has 0 unspecified atom stereocenters. The molecule has 114 valence electrons. The van der Waals surface area contributed by atoms with Crippen molar-refractivity contribution < 1.29 is 0 Å². The zero-order valence-electron chi connectivity index (χ0n) is 13.4. The largest absolute Gasteiger partial charge is 0.362 e. The summed E-state index contributed by atoms with van der Waals surface area (Å²) in [6, 6.07) is 4.15. The van der Waals surface area contributed by atoms with E-state index in [1.54, 1.807) is 0 Å². The van der Waals surface area contributed by atoms with Crippen molar-refractivity contribution in [3.05, 3.63) is 30.1 Å². The number of H-pyrrole nitrogens is 1. The normalized spacial score (nSPS) is 11.4. The summed E-state index contributed by atoms with van der Waals surface area (Å²) in [6.07, 6.45) is 23.3. The minimum absolute atomic E-state index is 1.22. The average molecular weight is 275 g/mol. The third-order valence-corrected chi connectivity index (χ3v) is 3.89. The van der Waals surface area contributed by atoms with Crippen molar-refractivity contribution in [1.29, 1.82) is 0 Å². The van der Waals surface area contributed by atoms with E-state index in [9.17, 15) is 0 Å². The molecule has 0 atom stereocenters. The summed E-state index contributed by atoms with van der Waals surface area (Å²) >= 11 is 0. The molecule has 1 nitrogen and oxygen atoms in total. The molecule has 1 rings (SSSR count). The Morgan fingerprint density at radius 1 is 0.850 bits per heavy atom. The van der Waals surface area contributed by atoms with Crippen molar-refractivity contribution in [2.24, 2.45) is 0 Å². The van der Waals surface area contributed by atoms with E-state index in [0.29, 0.717) is 0 Å². The molecule has 1 aromatic rings. The molecule has 0 aromatic carbocycles. The van der Waals surface area contributed by atoms with Gasteiger partial charge in [-0.15, -0.1) is 0 Å². The van der Waals surface area contributed by atoms with Gasteiger partial charge in [0.1, 0.15) is 0 Å². The molecule has 0 bridgehead atoms. The summed E-state index contributed by atoms with van der Waals surface area (Å²) in [5.74, 6) is 0. The molecule has 0 aliphatic heterocycles. The second kappa shape index (κ2) is 13.0. The van der Waals surface area contributed by atoms with Crippen LogP contribution >= 0.6 is 0 Å². The lowest BCUT2D eigenvalue weighted by Crippen LogP contribution is -1.82. The molecule has 0 fully saturated rings. The van der Waals surface area contributed by atoms with Crippen LogP contribution in [0.25, 0.3) is 6.08 Å². The van der Waals surface area contributed by atoms with Crippen LogP contribution in [-0.2, 0) is 0 Å². The van der Waals surface area contributed by atoms with Gasteiger partial charge in [-0.25, -0.2) is 0 Å². The van der Waals surface area contributed by atoms with Gasteiger partial charge in [0.25, 0.3) is 0 Å². The van der Waals surface area contributed by atoms with Crippen molar-refractivity contribution in [3.63, 3.8) is 0 Å². The van der Waals surface area contributed by atoms with Crippen LogP contribution in [-0.4, -0.2) is 4.98 Å². The molecule has 1 heterocycles. The SMILES string of the molecule is CCCCCCCCCCCCC/C=C/c1ccc[nH]1. The highest BCUT2D eigenvalue weighted by Gasteiger charge is 1.92. The van der Waals surface area contributed by atoms with Crippen LogP contribution in [0.5, 0.6) is 0 Å². The van der Waals surface area contributed by atoms with Gasteiger partial charge in [-0.2, -0.15) is 0 Å². The van der Waals surface area contributed by atoms with Gasteiger partial charge in [0.15, 0.2) is 0 Å². The van der Waals surface area contributed by atoms with Crippen LogP contribution < -0.4 is 0 Å². The van der Waals surface area contributed by atoms with E-state index in [0.717, 1.165) is 0 Å². The van der Waals surface area contributed by atoms with E-state index in [4.69, 9.17) is 0 Å². The Morgan fingerprint density at radius 3 is 2.00 bits per heavy atom. The van der Waals surface area contributed by atoms with Crippen LogP contribution in [0.1, 0.15) is 89.7 Å². The van der Waals surface area contributed by atoms with Crippen molar-refractivity contribution in [3.8, 4) is 0 Å². The summed E-state index contributed by atoms with van der Waals surface area (Å²) in [7, 11) is 0. The van der Waals surface area contributed by atoms with Gasteiger partial charge >= 0.3 is 0 Å². The lowest BCUT2D eigenvalue weighted by Gasteiger charge is -2.01. The molecule has 1 heteroatoms. The predicted octanol–water partition coefficient (Wildman–Crippen LogP) is 6.73. The Morgan fingerprint density at radius 2 is 1.45 bits per heavy atom. The molecule has 0 saturated heterocycles. The molecule has 0 aliphatic rings. The first-order valence-corrected chi connectivity index (χ1v) is 8.73. The summed E-state index contributed by atoms with van der Waals surface area (Å²) in [6.45, 7) is 2.29. The van der Waals surface area contributed by atoms with E-state index in [1.807, 2.05) is 12.3 Å². The van der Waals surface area contributed by atoms with Crippen LogP contribution in [0.2, 0.25) is 0 Å². The number of unbranched alkanes of at least 4 members (excludes halogenated alkanes) is 11. The zero-order chi connectivity index (χ0) is 14.3. The van der Waals surface area contributed by atoms with Gasteiger partial charge in [0.05, 0.1) is 0 Å². The Hall–Kier alpha value is -0.980. The van der Waals surface area contributed by atoms with Gasteiger partial charge in [-0.3, -0.25) is 0 Å². The Kier molecular flexibility index (Phi) is 11.1. The first-order valence-electron chi connectivity index (χ1n) is 8.73. The minimum atomic E-state index is 1.22. The molecule has 20 heavy (non-hydrogen) atoms. The number of allylic oxidation sites excluding steroid dienone is 1. The number of hydrogen-bond donors (Lipinski definition) is 1. The van der Waals surface area contributed by atoms with Crippen LogP contribution in [0, 0.1) is 0 Å². The number of aromatic nitrogens is 1. The van der Waals surface area contributed by atoms with Gasteiger partial charge < -0.3 is 4.98 Å². The standard InChI is InChI=1S/C19H33N/c1-2-3-4-5-6-7-8-9-10-11-12-13-14-16-19-17-15-18-20-19/h14-18,20H,2-13H2,1H3/b16-14+. The lowest BCUT2D eigenvalue weighted by molar-refractivity contribution is 0.550. The van der Waals surface area contributed by atoms with Crippen LogP contribution in [0.4, 0.5) is 0 Å². The first kappa shape index (κ1) is 17.1. The topological polar surface area (TPSA) is 15.8 Å². The van der Waals surface area contributed by atoms with Gasteiger partial charge in [-0.05, 0) is 31.1 Å². The van der Waals surface area contributed by atoms with Crippen molar-refractivity contribution in [1.82, 2.24) is 4.98 Å². The summed E-state index contributed by atoms with van der Waals surface area (Å²) < 4.78 is 0. The molecular weight excluding hydrogens is 242 g/mol. The Bertz CT molecular complexity index is 311. The summed E-state index contributed by atoms with van der Waals surface area (Å²) in [5, 5.41) is 0. The molecule has 0 amide bonds. The fourth-order valence-corrected chi connectivity index (χ4v) is 2.58. The van der Waals surface area contributed by atoms with E-state index in [1.165, 1.54) is 82.7 Å². The van der Waals surface area contributed by atoms with Crippen molar-refractivity contribution >= 4 is 6.08 Å². The fraction of sp³-hybridized carbons (Fsp3) is 0.684. The molecule has 1 N–H and O–H groups in total. The number of rotatable bonds is 13. The lowest BCUT2D eigenvalue weighted by atomic mass is 10.1. The molecule has 0 radical (unpaired) electrons. The van der Waals surface area contributed by atoms with Gasteiger partial charge in [-0.1, -0.05) is 77.2 Å². The number of aromatic amines is 1. The van der Waals surface area contributed by atoms with Crippen molar-refractivity contribution in [2.75, 3.05) is 0 Å². The highest BCUT2D eigenvalue weighted by molar-refractivity contribution is 5.43. The summed E-state index contributed by atoms with van der Waals surface area (Å²) in [4.78, 5) is 3.19. The van der Waals surface area contributed by atoms with Crippen LogP contribution in [0.15, 0.2) is 24.4 Å². The zero-order valence-corrected chi connectivity index (χ0v) is 13.4. The average Bonchev–Trinajstić information content (AvgIpc) is 2.97. The molecular formula is C19H33N. The van der Waals surface area contributed by atoms with Gasteiger partial charge in [0.2, 0.25) is 0 Å². The first-order chi connectivity index (χ1) is 9.93. The third kappa shape index (κ3) is 9.89. The number of nitrogens with one attached hydrogen (secondary N) is 1. The maximum Gasteiger partial charge on any atom is 0.0377 e. The van der Waals surface area contributed by atoms with E-state index >= 15 is 0 Å². The second-order valence-electron chi connectivity index (χ2n) is 5.85. The maximum atomic E-state index is 3.19. The minimum Gasteiger partial charge on any atom is -0.362 e. The second-order valence-corrected chi connectivity index (χ2v) is 5.85. The third-order valence-electron chi connectivity index (χ3n) is 3.89. The molecule has 1 aromatic heterocycles. The van der Waals surface area contributed by atoms with Crippen LogP contribution in [0.3, 0.4) is 0 Å². The highest BCUT2D eigenvalue weighted by atomic mass is 14.7. The van der Waals surface area contributed by atoms with E-state index in [-0.39, 0.29) is 0 Å². The predicted molar refractivity (Wildman–Crippen MR) is 90.9 cm³/mol.